The molecule has 0 atom stereocenters. The van der Waals surface area contributed by atoms with Crippen molar-refractivity contribution in [2.24, 2.45) is 21.7 Å². The van der Waals surface area contributed by atoms with Crippen LogP contribution in [-0.4, -0.2) is 82.1 Å². The highest BCUT2D eigenvalue weighted by Crippen LogP contribution is 2.44. The molecule has 18 heteroatoms. The number of aryl methyl sites for hydroxylation is 2. The van der Waals surface area contributed by atoms with Crippen molar-refractivity contribution in [2.75, 3.05) is 26.4 Å². The van der Waals surface area contributed by atoms with Crippen LogP contribution in [0.15, 0.2) is 36.4 Å². The second-order valence-corrected chi connectivity index (χ2v) is 28.8. The lowest BCUT2D eigenvalue weighted by Crippen LogP contribution is -2.51. The molecule has 2 aromatic heterocycles. The smallest absolute Gasteiger partial charge is 0.506 e. The molecule has 4 aromatic rings. The Bertz CT molecular complexity index is 2850. The molecule has 2 fully saturated rings. The predicted molar refractivity (Wildman–Crippen MR) is 329 cm³/mol. The Morgan fingerprint density at radius 2 is 0.756 bits per heavy atom. The number of carbonyl (C=O) groups is 4. The van der Waals surface area contributed by atoms with Gasteiger partial charge in [-0.1, -0.05) is 47.6 Å². The van der Waals surface area contributed by atoms with Gasteiger partial charge in [0.05, 0.1) is 33.0 Å². The number of aromatic nitrogens is 2. The van der Waals surface area contributed by atoms with Gasteiger partial charge in [-0.3, -0.25) is 29.1 Å². The molecule has 0 aliphatic heterocycles. The van der Waals surface area contributed by atoms with E-state index in [9.17, 15) is 29.4 Å². The van der Waals surface area contributed by atoms with Crippen LogP contribution in [0.3, 0.4) is 0 Å². The van der Waals surface area contributed by atoms with Gasteiger partial charge in [0, 0.05) is 40.6 Å². The summed E-state index contributed by atoms with van der Waals surface area (Å²) >= 11 is 0. The summed E-state index contributed by atoms with van der Waals surface area (Å²) in [5.74, 6) is -6.55. The lowest BCUT2D eigenvalue weighted by Gasteiger charge is -2.33. The third kappa shape index (κ3) is 18.0. The van der Waals surface area contributed by atoms with Crippen LogP contribution < -0.4 is 9.47 Å². The van der Waals surface area contributed by atoms with Crippen molar-refractivity contribution in [2.45, 2.75) is 225 Å². The van der Waals surface area contributed by atoms with Crippen LogP contribution in [0.4, 0.5) is 0 Å². The third-order valence-corrected chi connectivity index (χ3v) is 17.2. The topological polar surface area (TPSA) is 225 Å². The number of aromatic hydroxyl groups is 2. The van der Waals surface area contributed by atoms with Crippen molar-refractivity contribution in [1.29, 1.82) is 0 Å². The first-order chi connectivity index (χ1) is 39.9. The first-order valence-corrected chi connectivity index (χ1v) is 31.5. The normalized spacial score (nSPS) is 15.0. The zero-order valence-electron chi connectivity index (χ0n) is 54.5. The van der Waals surface area contributed by atoms with E-state index < -0.39 is 91.8 Å². The first-order valence-electron chi connectivity index (χ1n) is 30.4. The molecule has 0 bridgehead atoms. The van der Waals surface area contributed by atoms with Crippen LogP contribution in [-0.2, 0) is 64.6 Å². The minimum atomic E-state index is -3.66. The van der Waals surface area contributed by atoms with Crippen molar-refractivity contribution in [3.63, 3.8) is 0 Å². The fraction of sp³-hybridized carbons (Fsp3) is 0.618. The molecule has 86 heavy (non-hydrogen) atoms. The molecular formula is C68H96N2O15P+. The summed E-state index contributed by atoms with van der Waals surface area (Å²) < 4.78 is 65.9. The molecular weight excluding hydrogens is 1120 g/mol. The summed E-state index contributed by atoms with van der Waals surface area (Å²) in [7, 11) is -3.66. The van der Waals surface area contributed by atoms with Gasteiger partial charge in [-0.25, -0.2) is 0 Å². The Labute approximate surface area is 511 Å². The van der Waals surface area contributed by atoms with E-state index in [1.54, 1.807) is 107 Å². The number of nitrogens with zero attached hydrogens (tertiary/aromatic N) is 2. The van der Waals surface area contributed by atoms with Gasteiger partial charge in [-0.15, -0.1) is 0 Å². The second kappa shape index (κ2) is 27.9. The molecule has 2 aromatic carbocycles. The van der Waals surface area contributed by atoms with Gasteiger partial charge in [0.15, 0.2) is 26.4 Å². The zero-order valence-corrected chi connectivity index (χ0v) is 55.4. The van der Waals surface area contributed by atoms with Crippen molar-refractivity contribution >= 4 is 32.1 Å². The van der Waals surface area contributed by atoms with E-state index in [4.69, 9.17) is 47.4 Å². The third-order valence-electron chi connectivity index (χ3n) is 16.3. The molecule has 2 saturated carbocycles. The highest BCUT2D eigenvalue weighted by Gasteiger charge is 2.55. The van der Waals surface area contributed by atoms with E-state index in [1.807, 2.05) is 53.7 Å². The van der Waals surface area contributed by atoms with Crippen molar-refractivity contribution in [1.82, 2.24) is 9.97 Å². The van der Waals surface area contributed by atoms with E-state index in [2.05, 4.69) is 0 Å². The Hall–Kier alpha value is -6.16. The van der Waals surface area contributed by atoms with Crippen LogP contribution in [0, 0.1) is 63.2 Å². The van der Waals surface area contributed by atoms with Gasteiger partial charge >= 0.3 is 43.7 Å². The Morgan fingerprint density at radius 3 is 1.03 bits per heavy atom. The summed E-state index contributed by atoms with van der Waals surface area (Å²) in [5.41, 5.74) is 4.99. The highest BCUT2D eigenvalue weighted by atomic mass is 31.1. The lowest BCUT2D eigenvalue weighted by atomic mass is 9.86. The minimum absolute atomic E-state index is 0.171. The average Bonchev–Trinajstić information content (AvgIpc) is 1.09. The second-order valence-electron chi connectivity index (χ2n) is 28.0. The number of ether oxygens (including phenoxy) is 6. The largest absolute Gasteiger partial charge is 0.706 e. The summed E-state index contributed by atoms with van der Waals surface area (Å²) in [6.45, 7) is 27.9. The lowest BCUT2D eigenvalue weighted by molar-refractivity contribution is -0.224. The number of carbonyl (C=O) groups excluding carboxylic acids is 4. The molecule has 0 unspecified atom stereocenters. The monoisotopic (exact) mass is 1210 g/mol. The fourth-order valence-electron chi connectivity index (χ4n) is 10.5. The van der Waals surface area contributed by atoms with Gasteiger partial charge in [0.1, 0.15) is 23.0 Å². The van der Waals surface area contributed by atoms with E-state index in [0.717, 1.165) is 109 Å². The number of benzene rings is 2. The van der Waals surface area contributed by atoms with E-state index in [1.165, 1.54) is 0 Å². The zero-order chi connectivity index (χ0) is 63.9. The van der Waals surface area contributed by atoms with Gasteiger partial charge in [0.2, 0.25) is 0 Å². The average molecular weight is 1210 g/mol. The molecule has 2 heterocycles. The first kappa shape index (κ1) is 68.9. The van der Waals surface area contributed by atoms with E-state index in [-0.39, 0.29) is 34.8 Å². The SMILES string of the molecule is Cc1cc(OC(COC(=O)C(C)(C)C)(COC(=O)C(C)(C)C)O[P+](=O)OC(COC(=O)C(C)(C)C)(COC(=O)C(C)(C)C)Oc2cc(C)c(Cc3ccc(O)c(C4CCCCC4)n3)c(C)c2C)c(C)c(C)c1Cc1ccc(O)c(C2CCCCC2)n1. The summed E-state index contributed by atoms with van der Waals surface area (Å²) in [6, 6.07) is 10.6. The van der Waals surface area contributed by atoms with Crippen LogP contribution >= 0.6 is 8.25 Å². The molecule has 2 aliphatic rings. The molecule has 2 aliphatic carbocycles. The number of hydrogen-bond donors (Lipinski definition) is 2. The maximum absolute atomic E-state index is 15.4. The molecule has 2 N–H and O–H groups in total. The van der Waals surface area contributed by atoms with Gasteiger partial charge in [-0.2, -0.15) is 0 Å². The predicted octanol–water partition coefficient (Wildman–Crippen LogP) is 14.9. The quantitative estimate of drug-likeness (QED) is 0.0323. The van der Waals surface area contributed by atoms with Gasteiger partial charge in [0.25, 0.3) is 0 Å². The molecule has 17 nitrogen and oxygen atoms in total. The van der Waals surface area contributed by atoms with Gasteiger partial charge in [-0.05, 0) is 231 Å². The fourth-order valence-corrected chi connectivity index (χ4v) is 11.4. The molecule has 0 spiro atoms. The van der Waals surface area contributed by atoms with E-state index >= 15 is 4.57 Å². The van der Waals surface area contributed by atoms with Crippen LogP contribution in [0.25, 0.3) is 0 Å². The number of hydrogen-bond acceptors (Lipinski definition) is 17. The Balaban J connectivity index is 1.46. The number of rotatable bonds is 22. The molecule has 472 valence electrons. The van der Waals surface area contributed by atoms with Gasteiger partial charge < -0.3 is 38.6 Å². The highest BCUT2D eigenvalue weighted by molar-refractivity contribution is 7.33. The molecule has 0 saturated heterocycles. The molecule has 0 radical (unpaired) electrons. The van der Waals surface area contributed by atoms with E-state index in [0.29, 0.717) is 35.4 Å². The minimum Gasteiger partial charge on any atom is -0.506 e. The van der Waals surface area contributed by atoms with Crippen molar-refractivity contribution in [3.8, 4) is 23.0 Å². The van der Waals surface area contributed by atoms with Crippen molar-refractivity contribution < 1.29 is 71.4 Å². The summed E-state index contributed by atoms with van der Waals surface area (Å²) in [5, 5.41) is 21.9. The standard InChI is InChI=1S/C68H95N2O15P/c1-41-33-55(45(5)43(3)51(41)35-49-29-31-53(71)57(69-49)47-25-21-19-22-26-47)82-67(37-78-59(73)63(7,8)9,38-79-60(74)64(10,11)12)84-86(77)85-68(39-80-61(75)65(13,14)15,40-81-62(76)66(16,17)18)83-56-34-42(2)52(44(4)46(56)6)36-50-30-32-54(72)58(70-50)48-27-23-20-24-28-48/h29-34,47-48H,19-28,35-40H2,1-18H3,(H-,71,72)/p+1. The molecule has 6 rings (SSSR count). The Kier molecular flexibility index (Phi) is 22.4. The molecule has 0 amide bonds. The maximum atomic E-state index is 15.4. The summed E-state index contributed by atoms with van der Waals surface area (Å²) in [6.07, 6.45) is 11.3. The number of esters is 4. The van der Waals surface area contributed by atoms with Crippen molar-refractivity contribution in [3.05, 3.63) is 104 Å². The van der Waals surface area contributed by atoms with Crippen LogP contribution in [0.1, 0.15) is 226 Å². The maximum Gasteiger partial charge on any atom is 0.706 e. The summed E-state index contributed by atoms with van der Waals surface area (Å²) in [4.78, 5) is 65.1. The van der Waals surface area contributed by atoms with Crippen LogP contribution in [0.5, 0.6) is 23.0 Å². The van der Waals surface area contributed by atoms with Crippen LogP contribution in [0.2, 0.25) is 0 Å². The Morgan fingerprint density at radius 1 is 0.465 bits per heavy atom. The number of pyridine rings is 2.